The monoisotopic (exact) mass is 283 g/mol. The van der Waals surface area contributed by atoms with Gasteiger partial charge in [-0.05, 0) is 17.7 Å². The molecule has 2 aromatic rings. The molecular weight excluding hydrogens is 262 g/mol. The molecule has 0 saturated carbocycles. The summed E-state index contributed by atoms with van der Waals surface area (Å²) in [6.07, 6.45) is 2.90. The molecule has 3 nitrogen and oxygen atoms in total. The van der Waals surface area contributed by atoms with Crippen LogP contribution in [-0.2, 0) is 16.6 Å². The molecule has 21 heavy (non-hydrogen) atoms. The number of nitrogens with zero attached hydrogens (tertiary/aromatic N) is 1. The average Bonchev–Trinajstić information content (AvgIpc) is 2.87. The zero-order chi connectivity index (χ0) is 15.2. The van der Waals surface area contributed by atoms with Crippen LogP contribution in [0.1, 0.15) is 48.6 Å². The van der Waals surface area contributed by atoms with E-state index in [-0.39, 0.29) is 11.8 Å². The maximum atomic E-state index is 11.1. The third-order valence-electron chi connectivity index (χ3n) is 4.05. The highest BCUT2D eigenvalue weighted by Gasteiger charge is 2.19. The van der Waals surface area contributed by atoms with Crippen LogP contribution >= 0.6 is 0 Å². The molecule has 0 aliphatic heterocycles. The predicted octanol–water partition coefficient (Wildman–Crippen LogP) is 3.44. The fourth-order valence-electron chi connectivity index (χ4n) is 2.86. The minimum atomic E-state index is 0.0610. The minimum absolute atomic E-state index is 0.0610. The van der Waals surface area contributed by atoms with Gasteiger partial charge in [-0.2, -0.15) is 0 Å². The molecule has 0 aliphatic rings. The molecule has 0 radical (unpaired) electrons. The van der Waals surface area contributed by atoms with Gasteiger partial charge in [-0.15, -0.1) is 0 Å². The first kappa shape index (κ1) is 15.2. The van der Waals surface area contributed by atoms with Crippen molar-refractivity contribution in [3.8, 4) is 0 Å². The molecule has 1 aromatic heterocycles. The highest BCUT2D eigenvalue weighted by molar-refractivity contribution is 5.54. The highest BCUT2D eigenvalue weighted by atomic mass is 16.1. The average molecular weight is 283 g/mol. The Kier molecular flexibility index (Phi) is 5.09. The summed E-state index contributed by atoms with van der Waals surface area (Å²) in [7, 11) is 2.01. The molecule has 0 spiro atoms. The normalized spacial score (nSPS) is 13.6. The lowest BCUT2D eigenvalue weighted by molar-refractivity contribution is -0.108. The van der Waals surface area contributed by atoms with Gasteiger partial charge in [0.05, 0.1) is 0 Å². The lowest BCUT2D eigenvalue weighted by Crippen LogP contribution is -2.10. The van der Waals surface area contributed by atoms with E-state index >= 15 is 0 Å². The maximum Gasteiger partial charge on any atom is 0.120 e. The van der Waals surface area contributed by atoms with Crippen molar-refractivity contribution < 1.29 is 9.59 Å². The Balaban J connectivity index is 2.38. The molecule has 0 fully saturated rings. The number of carbonyl (C=O) groups is 2. The number of hydrogen-bond acceptors (Lipinski definition) is 2. The van der Waals surface area contributed by atoms with Gasteiger partial charge in [0.25, 0.3) is 0 Å². The van der Waals surface area contributed by atoms with Gasteiger partial charge in [0.1, 0.15) is 12.6 Å². The van der Waals surface area contributed by atoms with Crippen LogP contribution in [0.25, 0.3) is 0 Å². The Labute approximate surface area is 125 Å². The van der Waals surface area contributed by atoms with Crippen LogP contribution < -0.4 is 0 Å². The van der Waals surface area contributed by atoms with Crippen LogP contribution in [0.3, 0.4) is 0 Å². The standard InChI is InChI=1S/C18H21NO2/c1-14(10-12-20)17-8-9-18(19(17)2)16(11-13-21)15-6-4-3-5-7-15/h3-9,12-14,16H,10-11H2,1-2H3/t14-,16+/m1/s1. The molecule has 2 atom stereocenters. The van der Waals surface area contributed by atoms with Gasteiger partial charge in [0, 0.05) is 43.1 Å². The zero-order valence-corrected chi connectivity index (χ0v) is 12.5. The Morgan fingerprint density at radius 1 is 0.952 bits per heavy atom. The van der Waals surface area contributed by atoms with Crippen LogP contribution in [0.2, 0.25) is 0 Å². The largest absolute Gasteiger partial charge is 0.351 e. The van der Waals surface area contributed by atoms with Gasteiger partial charge >= 0.3 is 0 Å². The lowest BCUT2D eigenvalue weighted by atomic mass is 9.93. The SMILES string of the molecule is C[C@H](CC=O)c1ccc([C@@H](CC=O)c2ccccc2)n1C. The molecule has 0 bridgehead atoms. The fourth-order valence-corrected chi connectivity index (χ4v) is 2.86. The molecule has 3 heteroatoms. The Bertz CT molecular complexity index is 601. The van der Waals surface area contributed by atoms with Crippen molar-refractivity contribution in [1.82, 2.24) is 4.57 Å². The molecule has 0 saturated heterocycles. The van der Waals surface area contributed by atoms with E-state index in [9.17, 15) is 9.59 Å². The van der Waals surface area contributed by atoms with E-state index in [2.05, 4.69) is 28.8 Å². The van der Waals surface area contributed by atoms with Gasteiger partial charge in [-0.25, -0.2) is 0 Å². The van der Waals surface area contributed by atoms with E-state index in [1.807, 2.05) is 32.2 Å². The molecule has 2 rings (SSSR count). The van der Waals surface area contributed by atoms with E-state index in [0.29, 0.717) is 12.8 Å². The molecule has 0 unspecified atom stereocenters. The van der Waals surface area contributed by atoms with Crippen molar-refractivity contribution in [1.29, 1.82) is 0 Å². The minimum Gasteiger partial charge on any atom is -0.351 e. The van der Waals surface area contributed by atoms with Crippen molar-refractivity contribution in [2.24, 2.45) is 7.05 Å². The van der Waals surface area contributed by atoms with Gasteiger partial charge < -0.3 is 14.2 Å². The molecule has 110 valence electrons. The summed E-state index contributed by atoms with van der Waals surface area (Å²) in [4.78, 5) is 21.8. The smallest absolute Gasteiger partial charge is 0.120 e. The Morgan fingerprint density at radius 3 is 2.19 bits per heavy atom. The molecule has 1 aromatic carbocycles. The van der Waals surface area contributed by atoms with E-state index in [0.717, 1.165) is 29.5 Å². The van der Waals surface area contributed by atoms with Crippen LogP contribution in [0.15, 0.2) is 42.5 Å². The second-order valence-corrected chi connectivity index (χ2v) is 5.41. The quantitative estimate of drug-likeness (QED) is 0.730. The first-order chi connectivity index (χ1) is 10.2. The summed E-state index contributed by atoms with van der Waals surface area (Å²) in [5.41, 5.74) is 3.38. The number of rotatable bonds is 7. The van der Waals surface area contributed by atoms with Gasteiger partial charge in [0.15, 0.2) is 0 Å². The lowest BCUT2D eigenvalue weighted by Gasteiger charge is -2.18. The van der Waals surface area contributed by atoms with Crippen LogP contribution in [0.4, 0.5) is 0 Å². The van der Waals surface area contributed by atoms with Crippen molar-refractivity contribution in [2.75, 3.05) is 0 Å². The molecular formula is C18H21NO2. The van der Waals surface area contributed by atoms with Gasteiger partial charge in [0.2, 0.25) is 0 Å². The second-order valence-electron chi connectivity index (χ2n) is 5.41. The first-order valence-corrected chi connectivity index (χ1v) is 7.26. The summed E-state index contributed by atoms with van der Waals surface area (Å²) in [6.45, 7) is 2.05. The zero-order valence-electron chi connectivity index (χ0n) is 12.5. The topological polar surface area (TPSA) is 39.1 Å². The Hall–Kier alpha value is -2.16. The molecule has 1 heterocycles. The van der Waals surface area contributed by atoms with Crippen LogP contribution in [0.5, 0.6) is 0 Å². The summed E-state index contributed by atoms with van der Waals surface area (Å²) in [5, 5.41) is 0. The number of benzene rings is 1. The summed E-state index contributed by atoms with van der Waals surface area (Å²) >= 11 is 0. The number of aldehydes is 2. The second kappa shape index (κ2) is 7.02. The van der Waals surface area contributed by atoms with E-state index < -0.39 is 0 Å². The maximum absolute atomic E-state index is 11.1. The molecule has 0 amide bonds. The van der Waals surface area contributed by atoms with Crippen LogP contribution in [-0.4, -0.2) is 17.1 Å². The first-order valence-electron chi connectivity index (χ1n) is 7.26. The summed E-state index contributed by atoms with van der Waals surface area (Å²) < 4.78 is 2.12. The van der Waals surface area contributed by atoms with Crippen molar-refractivity contribution in [3.63, 3.8) is 0 Å². The van der Waals surface area contributed by atoms with E-state index in [4.69, 9.17) is 0 Å². The highest BCUT2D eigenvalue weighted by Crippen LogP contribution is 2.30. The van der Waals surface area contributed by atoms with Crippen LogP contribution in [0, 0.1) is 0 Å². The third kappa shape index (κ3) is 3.30. The van der Waals surface area contributed by atoms with Crippen molar-refractivity contribution in [3.05, 3.63) is 59.4 Å². The predicted molar refractivity (Wildman–Crippen MR) is 83.5 cm³/mol. The Morgan fingerprint density at radius 2 is 1.57 bits per heavy atom. The van der Waals surface area contributed by atoms with Gasteiger partial charge in [-0.3, -0.25) is 0 Å². The summed E-state index contributed by atoms with van der Waals surface area (Å²) in [6, 6.07) is 14.2. The number of carbonyl (C=O) groups excluding carboxylic acids is 2. The fraction of sp³-hybridized carbons (Fsp3) is 0.333. The molecule has 0 N–H and O–H groups in total. The molecule has 0 aliphatic carbocycles. The van der Waals surface area contributed by atoms with E-state index in [1.54, 1.807) is 0 Å². The number of aromatic nitrogens is 1. The van der Waals surface area contributed by atoms with Crippen molar-refractivity contribution in [2.45, 2.75) is 31.6 Å². The summed E-state index contributed by atoms with van der Waals surface area (Å²) in [5.74, 6) is 0.250. The van der Waals surface area contributed by atoms with E-state index in [1.165, 1.54) is 0 Å². The third-order valence-corrected chi connectivity index (χ3v) is 4.05. The number of hydrogen-bond donors (Lipinski definition) is 0. The van der Waals surface area contributed by atoms with Crippen molar-refractivity contribution >= 4 is 12.6 Å². The van der Waals surface area contributed by atoms with Gasteiger partial charge in [-0.1, -0.05) is 37.3 Å².